The molecule has 0 aliphatic heterocycles. The highest BCUT2D eigenvalue weighted by atomic mass is 16.4. The van der Waals surface area contributed by atoms with Crippen LogP contribution in [0.15, 0.2) is 30.3 Å². The van der Waals surface area contributed by atoms with Gasteiger partial charge in [-0.25, -0.2) is 4.79 Å². The zero-order chi connectivity index (χ0) is 18.7. The normalized spacial score (nSPS) is 16.2. The summed E-state index contributed by atoms with van der Waals surface area (Å²) >= 11 is 0. The van der Waals surface area contributed by atoms with Crippen molar-refractivity contribution in [2.75, 3.05) is 0 Å². The molecule has 1 saturated carbocycles. The van der Waals surface area contributed by atoms with Gasteiger partial charge in [0.05, 0.1) is 12.2 Å². The molecule has 0 spiro atoms. The molecule has 6 nitrogen and oxygen atoms in total. The van der Waals surface area contributed by atoms with Gasteiger partial charge in [0.15, 0.2) is 0 Å². The molecule has 3 rings (SSSR count). The Morgan fingerprint density at radius 3 is 2.54 bits per heavy atom. The van der Waals surface area contributed by atoms with Crippen molar-refractivity contribution in [1.82, 2.24) is 15.1 Å². The van der Waals surface area contributed by atoms with Crippen molar-refractivity contribution in [3.63, 3.8) is 0 Å². The van der Waals surface area contributed by atoms with Crippen LogP contribution in [0.4, 0.5) is 0 Å². The van der Waals surface area contributed by atoms with Crippen molar-refractivity contribution < 1.29 is 14.7 Å². The molecule has 1 aliphatic rings. The van der Waals surface area contributed by atoms with Crippen molar-refractivity contribution >= 4 is 11.9 Å². The fourth-order valence-corrected chi connectivity index (χ4v) is 3.66. The largest absolute Gasteiger partial charge is 0.480 e. The number of benzene rings is 1. The highest BCUT2D eigenvalue weighted by molar-refractivity contribution is 5.98. The first-order valence-electron chi connectivity index (χ1n) is 9.05. The average molecular weight is 355 g/mol. The summed E-state index contributed by atoms with van der Waals surface area (Å²) in [6.45, 7) is 4.52. The molecule has 1 aromatic carbocycles. The number of carbonyl (C=O) groups excluding carboxylic acids is 1. The van der Waals surface area contributed by atoms with Gasteiger partial charge < -0.3 is 10.4 Å². The summed E-state index contributed by atoms with van der Waals surface area (Å²) in [7, 11) is 0. The molecule has 0 bridgehead atoms. The van der Waals surface area contributed by atoms with Crippen LogP contribution in [-0.2, 0) is 11.3 Å². The topological polar surface area (TPSA) is 84.2 Å². The van der Waals surface area contributed by atoms with Crippen LogP contribution in [0.2, 0.25) is 0 Å². The Labute approximate surface area is 153 Å². The second-order valence-electron chi connectivity index (χ2n) is 7.19. The molecular weight excluding hydrogens is 330 g/mol. The van der Waals surface area contributed by atoms with Crippen molar-refractivity contribution in [2.24, 2.45) is 0 Å². The first-order valence-corrected chi connectivity index (χ1v) is 9.05. The number of hydrogen-bond acceptors (Lipinski definition) is 3. The molecule has 0 unspecified atom stereocenters. The number of carboxylic acid groups (broad SMARTS) is 1. The summed E-state index contributed by atoms with van der Waals surface area (Å²) in [6.07, 6.45) is 3.64. The fourth-order valence-electron chi connectivity index (χ4n) is 3.66. The second-order valence-corrected chi connectivity index (χ2v) is 7.19. The molecule has 138 valence electrons. The summed E-state index contributed by atoms with van der Waals surface area (Å²) in [5.41, 5.74) is 2.31. The molecule has 26 heavy (non-hydrogen) atoms. The maximum Gasteiger partial charge on any atom is 0.329 e. The van der Waals surface area contributed by atoms with Crippen molar-refractivity contribution in [1.29, 1.82) is 0 Å². The molecule has 1 aliphatic carbocycles. The number of aryl methyl sites for hydroxylation is 2. The number of rotatable bonds is 5. The molecule has 0 atom stereocenters. The van der Waals surface area contributed by atoms with E-state index in [2.05, 4.69) is 10.4 Å². The van der Waals surface area contributed by atoms with Gasteiger partial charge in [-0.2, -0.15) is 5.10 Å². The molecule has 1 amide bonds. The third-order valence-corrected chi connectivity index (χ3v) is 5.09. The van der Waals surface area contributed by atoms with Gasteiger partial charge in [-0.3, -0.25) is 9.48 Å². The van der Waals surface area contributed by atoms with Crippen LogP contribution in [0.25, 0.3) is 0 Å². The lowest BCUT2D eigenvalue weighted by Gasteiger charge is -2.34. The SMILES string of the molecule is Cc1cc(C)n(Cc2cccc(C(=O)NC3(C(=O)O)CCCCC3)c2)n1. The third-order valence-electron chi connectivity index (χ3n) is 5.09. The number of carboxylic acids is 1. The minimum atomic E-state index is -1.14. The highest BCUT2D eigenvalue weighted by Crippen LogP contribution is 2.29. The van der Waals surface area contributed by atoms with Crippen molar-refractivity contribution in [3.05, 3.63) is 52.8 Å². The van der Waals surface area contributed by atoms with Gasteiger partial charge in [-0.1, -0.05) is 31.4 Å². The first-order chi connectivity index (χ1) is 12.4. The standard InChI is InChI=1S/C20H25N3O3/c1-14-11-15(2)23(22-14)13-16-7-6-8-17(12-16)18(24)21-20(19(25)26)9-4-3-5-10-20/h6-8,11-12H,3-5,9-10,13H2,1-2H3,(H,21,24)(H,25,26). The van der Waals surface area contributed by atoms with Gasteiger partial charge in [0.25, 0.3) is 5.91 Å². The quantitative estimate of drug-likeness (QED) is 0.863. The average Bonchev–Trinajstić information content (AvgIpc) is 2.93. The minimum absolute atomic E-state index is 0.329. The van der Waals surface area contributed by atoms with E-state index in [9.17, 15) is 14.7 Å². The number of nitrogens with one attached hydrogen (secondary N) is 1. The second kappa shape index (κ2) is 7.32. The number of aliphatic carboxylic acids is 1. The Kier molecular flexibility index (Phi) is 5.11. The predicted molar refractivity (Wildman–Crippen MR) is 98.2 cm³/mol. The van der Waals surface area contributed by atoms with E-state index in [0.717, 1.165) is 36.2 Å². The summed E-state index contributed by atoms with van der Waals surface area (Å²) < 4.78 is 1.90. The molecule has 2 N–H and O–H groups in total. The van der Waals surface area contributed by atoms with Gasteiger partial charge in [-0.15, -0.1) is 0 Å². The molecule has 1 fully saturated rings. The first kappa shape index (κ1) is 18.2. The van der Waals surface area contributed by atoms with Gasteiger partial charge in [0.1, 0.15) is 5.54 Å². The minimum Gasteiger partial charge on any atom is -0.480 e. The maximum atomic E-state index is 12.7. The smallest absolute Gasteiger partial charge is 0.329 e. The Morgan fingerprint density at radius 1 is 1.19 bits per heavy atom. The van der Waals surface area contributed by atoms with Crippen LogP contribution >= 0.6 is 0 Å². The van der Waals surface area contributed by atoms with Crippen molar-refractivity contribution in [3.8, 4) is 0 Å². The van der Waals surface area contributed by atoms with E-state index in [-0.39, 0.29) is 5.91 Å². The van der Waals surface area contributed by atoms with E-state index in [1.807, 2.05) is 42.8 Å². The van der Waals surface area contributed by atoms with E-state index in [0.29, 0.717) is 24.9 Å². The van der Waals surface area contributed by atoms with E-state index >= 15 is 0 Å². The molecule has 2 aromatic rings. The number of nitrogens with zero attached hydrogens (tertiary/aromatic N) is 2. The van der Waals surface area contributed by atoms with Gasteiger partial charge in [0, 0.05) is 11.3 Å². The highest BCUT2D eigenvalue weighted by Gasteiger charge is 2.41. The number of aromatic nitrogens is 2. The van der Waals surface area contributed by atoms with Crippen LogP contribution in [0, 0.1) is 13.8 Å². The van der Waals surface area contributed by atoms with Gasteiger partial charge in [-0.05, 0) is 50.5 Å². The zero-order valence-electron chi connectivity index (χ0n) is 15.3. The van der Waals surface area contributed by atoms with Crippen LogP contribution in [0.3, 0.4) is 0 Å². The molecule has 6 heteroatoms. The van der Waals surface area contributed by atoms with E-state index in [1.54, 1.807) is 6.07 Å². The van der Waals surface area contributed by atoms with Gasteiger partial charge in [0.2, 0.25) is 0 Å². The molecule has 1 heterocycles. The monoisotopic (exact) mass is 355 g/mol. The van der Waals surface area contributed by atoms with Crippen molar-refractivity contribution in [2.45, 2.75) is 58.0 Å². The van der Waals surface area contributed by atoms with Crippen LogP contribution in [0.5, 0.6) is 0 Å². The fraction of sp³-hybridized carbons (Fsp3) is 0.450. The lowest BCUT2D eigenvalue weighted by molar-refractivity contribution is -0.145. The van der Waals surface area contributed by atoms with Crippen LogP contribution in [-0.4, -0.2) is 32.3 Å². The number of carbonyl (C=O) groups is 2. The third kappa shape index (κ3) is 3.79. The Hall–Kier alpha value is -2.63. The number of amides is 1. The summed E-state index contributed by atoms with van der Waals surface area (Å²) in [5, 5.41) is 16.9. The lowest BCUT2D eigenvalue weighted by atomic mass is 9.81. The van der Waals surface area contributed by atoms with E-state index < -0.39 is 11.5 Å². The number of hydrogen-bond donors (Lipinski definition) is 2. The Bertz CT molecular complexity index is 819. The van der Waals surface area contributed by atoms with E-state index in [4.69, 9.17) is 0 Å². The summed E-state index contributed by atoms with van der Waals surface area (Å²) in [4.78, 5) is 24.5. The van der Waals surface area contributed by atoms with Crippen LogP contribution < -0.4 is 5.32 Å². The lowest BCUT2D eigenvalue weighted by Crippen LogP contribution is -2.55. The molecule has 0 radical (unpaired) electrons. The van der Waals surface area contributed by atoms with E-state index in [1.165, 1.54) is 0 Å². The molecular formula is C20H25N3O3. The maximum absolute atomic E-state index is 12.7. The zero-order valence-corrected chi connectivity index (χ0v) is 15.3. The van der Waals surface area contributed by atoms with Gasteiger partial charge >= 0.3 is 5.97 Å². The summed E-state index contributed by atoms with van der Waals surface area (Å²) in [5.74, 6) is -1.27. The van der Waals surface area contributed by atoms with Crippen LogP contribution in [0.1, 0.15) is 59.4 Å². The Balaban J connectivity index is 1.77. The molecule has 1 aromatic heterocycles. The predicted octanol–water partition coefficient (Wildman–Crippen LogP) is 3.07. The summed E-state index contributed by atoms with van der Waals surface area (Å²) in [6, 6.07) is 9.31. The Morgan fingerprint density at radius 2 is 1.92 bits per heavy atom. The molecule has 0 saturated heterocycles.